The highest BCUT2D eigenvalue weighted by atomic mass is 16.7. The zero-order valence-corrected chi connectivity index (χ0v) is 14.0. The second kappa shape index (κ2) is 5.08. The molecule has 5 rings (SSSR count). The van der Waals surface area contributed by atoms with Crippen LogP contribution in [0.3, 0.4) is 0 Å². The monoisotopic (exact) mass is 322 g/mol. The van der Waals surface area contributed by atoms with E-state index in [1.54, 1.807) is 0 Å². The largest absolute Gasteiger partial charge is 0.462 e. The molecule has 2 fully saturated rings. The fraction of sp³-hybridized carbons (Fsp3) is 0.429. The highest BCUT2D eigenvalue weighted by Gasteiger charge is 2.51. The molecule has 0 unspecified atom stereocenters. The molecule has 1 aromatic carbocycles. The molecule has 2 aromatic rings. The molecule has 0 atom stereocenters. The van der Waals surface area contributed by atoms with Crippen molar-refractivity contribution in [3.63, 3.8) is 0 Å². The molecule has 124 valence electrons. The molecule has 2 heterocycles. The average molecular weight is 322 g/mol. The number of rotatable bonds is 1. The predicted octanol–water partition coefficient (Wildman–Crippen LogP) is 4.70. The van der Waals surface area contributed by atoms with Crippen molar-refractivity contribution in [2.75, 3.05) is 13.2 Å². The minimum absolute atomic E-state index is 0.0292. The van der Waals surface area contributed by atoms with E-state index in [0.717, 1.165) is 50.4 Å². The lowest BCUT2D eigenvalue weighted by molar-refractivity contribution is -0.182. The zero-order valence-electron chi connectivity index (χ0n) is 14.0. The van der Waals surface area contributed by atoms with E-state index in [0.29, 0.717) is 0 Å². The molecule has 1 aliphatic heterocycles. The van der Waals surface area contributed by atoms with Crippen molar-refractivity contribution in [2.24, 2.45) is 0 Å². The van der Waals surface area contributed by atoms with Gasteiger partial charge in [-0.3, -0.25) is 0 Å². The molecule has 1 saturated heterocycles. The van der Waals surface area contributed by atoms with Crippen molar-refractivity contribution in [1.29, 1.82) is 0 Å². The van der Waals surface area contributed by atoms with Crippen molar-refractivity contribution in [2.45, 2.75) is 43.8 Å². The Hall–Kier alpha value is -1.84. The second-order valence-corrected chi connectivity index (χ2v) is 7.25. The summed E-state index contributed by atoms with van der Waals surface area (Å²) in [6.07, 6.45) is 6.28. The van der Waals surface area contributed by atoms with Crippen LogP contribution in [0.2, 0.25) is 0 Å². The number of furan rings is 1. The van der Waals surface area contributed by atoms with Crippen molar-refractivity contribution in [3.05, 3.63) is 59.0 Å². The normalized spacial score (nSPS) is 23.6. The molecule has 3 aliphatic rings. The highest BCUT2D eigenvalue weighted by molar-refractivity contribution is 5.93. The van der Waals surface area contributed by atoms with Gasteiger partial charge in [-0.2, -0.15) is 0 Å². The third-order valence-electron chi connectivity index (χ3n) is 5.98. The fourth-order valence-electron chi connectivity index (χ4n) is 4.77. The molecule has 1 saturated carbocycles. The third kappa shape index (κ3) is 1.98. The Kier molecular flexibility index (Phi) is 3.07. The first kappa shape index (κ1) is 14.5. The van der Waals surface area contributed by atoms with Gasteiger partial charge in [-0.15, -0.1) is 0 Å². The average Bonchev–Trinajstić information content (AvgIpc) is 3.30. The number of hydrogen-bond acceptors (Lipinski definition) is 3. The van der Waals surface area contributed by atoms with Crippen LogP contribution < -0.4 is 0 Å². The van der Waals surface area contributed by atoms with E-state index in [1.807, 2.05) is 6.92 Å². The number of aryl methyl sites for hydroxylation is 1. The summed E-state index contributed by atoms with van der Waals surface area (Å²) in [6.45, 7) is 3.46. The standard InChI is InChI=1S/C21H22O3/c1-15-6-7-19(24-15)18-14-16-4-2-3-5-17(16)20(18)8-10-21(11-9-20)22-12-13-23-21/h2-7,14H,8-13H2,1H3. The summed E-state index contributed by atoms with van der Waals surface area (Å²) in [4.78, 5) is 0. The molecule has 0 amide bonds. The first-order chi connectivity index (χ1) is 11.7. The van der Waals surface area contributed by atoms with Gasteiger partial charge in [-0.05, 0) is 49.1 Å². The zero-order chi connectivity index (χ0) is 16.2. The molecular formula is C21H22O3. The van der Waals surface area contributed by atoms with E-state index in [2.05, 4.69) is 42.5 Å². The predicted molar refractivity (Wildman–Crippen MR) is 92.5 cm³/mol. The molecule has 3 nitrogen and oxygen atoms in total. The summed E-state index contributed by atoms with van der Waals surface area (Å²) in [5, 5.41) is 0. The Morgan fingerprint density at radius 3 is 2.33 bits per heavy atom. The Bertz CT molecular complexity index is 798. The summed E-state index contributed by atoms with van der Waals surface area (Å²) in [5.74, 6) is 1.63. The molecule has 0 bridgehead atoms. The maximum absolute atomic E-state index is 6.01. The summed E-state index contributed by atoms with van der Waals surface area (Å²) in [6, 6.07) is 12.9. The van der Waals surface area contributed by atoms with E-state index in [-0.39, 0.29) is 11.2 Å². The number of hydrogen-bond donors (Lipinski definition) is 0. The van der Waals surface area contributed by atoms with Gasteiger partial charge in [0.1, 0.15) is 11.5 Å². The summed E-state index contributed by atoms with van der Waals surface area (Å²) < 4.78 is 17.9. The number of allylic oxidation sites excluding steroid dienone is 1. The van der Waals surface area contributed by atoms with Gasteiger partial charge in [-0.1, -0.05) is 24.3 Å². The van der Waals surface area contributed by atoms with Crippen LogP contribution in [0.25, 0.3) is 11.6 Å². The van der Waals surface area contributed by atoms with Crippen LogP contribution >= 0.6 is 0 Å². The molecule has 2 spiro atoms. The maximum Gasteiger partial charge on any atom is 0.168 e. The fourth-order valence-corrected chi connectivity index (χ4v) is 4.77. The third-order valence-corrected chi connectivity index (χ3v) is 5.98. The van der Waals surface area contributed by atoms with E-state index in [4.69, 9.17) is 13.9 Å². The van der Waals surface area contributed by atoms with E-state index < -0.39 is 0 Å². The van der Waals surface area contributed by atoms with Crippen molar-refractivity contribution in [3.8, 4) is 0 Å². The van der Waals surface area contributed by atoms with Crippen molar-refractivity contribution in [1.82, 2.24) is 0 Å². The summed E-state index contributed by atoms with van der Waals surface area (Å²) in [5.41, 5.74) is 4.11. The molecule has 2 aliphatic carbocycles. The van der Waals surface area contributed by atoms with Crippen molar-refractivity contribution < 1.29 is 13.9 Å². The van der Waals surface area contributed by atoms with Gasteiger partial charge in [0.2, 0.25) is 0 Å². The molecule has 0 radical (unpaired) electrons. The van der Waals surface area contributed by atoms with Gasteiger partial charge in [0.25, 0.3) is 0 Å². The Labute approximate surface area is 142 Å². The molecule has 24 heavy (non-hydrogen) atoms. The lowest BCUT2D eigenvalue weighted by Gasteiger charge is -2.43. The molecule has 0 N–H and O–H groups in total. The van der Waals surface area contributed by atoms with Crippen LogP contribution in [0, 0.1) is 6.92 Å². The van der Waals surface area contributed by atoms with E-state index >= 15 is 0 Å². The first-order valence-corrected chi connectivity index (χ1v) is 8.87. The lowest BCUT2D eigenvalue weighted by Crippen LogP contribution is -2.42. The molecule has 1 aromatic heterocycles. The molecular weight excluding hydrogens is 300 g/mol. The first-order valence-electron chi connectivity index (χ1n) is 8.87. The van der Waals surface area contributed by atoms with Crippen LogP contribution in [-0.2, 0) is 14.9 Å². The lowest BCUT2D eigenvalue weighted by atomic mass is 9.65. The van der Waals surface area contributed by atoms with E-state index in [1.165, 1.54) is 16.7 Å². The van der Waals surface area contributed by atoms with Crippen LogP contribution in [0.5, 0.6) is 0 Å². The number of ether oxygens (including phenoxy) is 2. The Morgan fingerprint density at radius 1 is 0.875 bits per heavy atom. The van der Waals surface area contributed by atoms with E-state index in [9.17, 15) is 0 Å². The summed E-state index contributed by atoms with van der Waals surface area (Å²) in [7, 11) is 0. The van der Waals surface area contributed by atoms with Crippen LogP contribution in [0.1, 0.15) is 48.3 Å². The van der Waals surface area contributed by atoms with Gasteiger partial charge in [0, 0.05) is 23.8 Å². The minimum atomic E-state index is -0.340. The minimum Gasteiger partial charge on any atom is -0.462 e. The Balaban J connectivity index is 1.58. The second-order valence-electron chi connectivity index (χ2n) is 7.25. The number of benzene rings is 1. The molecule has 3 heteroatoms. The smallest absolute Gasteiger partial charge is 0.168 e. The maximum atomic E-state index is 6.01. The van der Waals surface area contributed by atoms with Crippen molar-refractivity contribution >= 4 is 11.6 Å². The van der Waals surface area contributed by atoms with Crippen LogP contribution in [-0.4, -0.2) is 19.0 Å². The van der Waals surface area contributed by atoms with Gasteiger partial charge < -0.3 is 13.9 Å². The SMILES string of the molecule is Cc1ccc(C2=Cc3ccccc3C23CCC2(CC3)OCCO2)o1. The Morgan fingerprint density at radius 2 is 1.62 bits per heavy atom. The van der Waals surface area contributed by atoms with Crippen LogP contribution in [0.15, 0.2) is 40.8 Å². The van der Waals surface area contributed by atoms with Gasteiger partial charge in [0.05, 0.1) is 13.2 Å². The van der Waals surface area contributed by atoms with Gasteiger partial charge in [-0.25, -0.2) is 0 Å². The van der Waals surface area contributed by atoms with Gasteiger partial charge in [0.15, 0.2) is 5.79 Å². The summed E-state index contributed by atoms with van der Waals surface area (Å²) >= 11 is 0. The topological polar surface area (TPSA) is 31.6 Å². The quantitative estimate of drug-likeness (QED) is 0.763. The highest BCUT2D eigenvalue weighted by Crippen LogP contribution is 2.57. The van der Waals surface area contributed by atoms with Crippen LogP contribution in [0.4, 0.5) is 0 Å². The number of fused-ring (bicyclic) bond motifs is 2. The van der Waals surface area contributed by atoms with Gasteiger partial charge >= 0.3 is 0 Å².